The van der Waals surface area contributed by atoms with Gasteiger partial charge < -0.3 is 10.1 Å². The Morgan fingerprint density at radius 1 is 1.17 bits per heavy atom. The molecule has 24 heavy (non-hydrogen) atoms. The first-order chi connectivity index (χ1) is 11.3. The fraction of sp³-hybridized carbons (Fsp3) is 0.278. The monoisotopic (exact) mass is 337 g/mol. The lowest BCUT2D eigenvalue weighted by Crippen LogP contribution is -2.31. The first-order valence-electron chi connectivity index (χ1n) is 7.54. The Morgan fingerprint density at radius 2 is 1.88 bits per heavy atom. The number of aryl methyl sites for hydroxylation is 1. The number of nitrogens with one attached hydrogen (secondary N) is 1. The average Bonchev–Trinajstić information content (AvgIpc) is 2.54. The summed E-state index contributed by atoms with van der Waals surface area (Å²) in [6.07, 6.45) is -4.65. The Bertz CT molecular complexity index is 713. The third-order valence-corrected chi connectivity index (χ3v) is 3.48. The van der Waals surface area contributed by atoms with Gasteiger partial charge in [-0.25, -0.2) is 0 Å². The van der Waals surface area contributed by atoms with Crippen LogP contribution in [0.5, 0.6) is 5.75 Å². The predicted octanol–water partition coefficient (Wildman–Crippen LogP) is 4.67. The Hall–Kier alpha value is -2.50. The topological polar surface area (TPSA) is 38.3 Å². The predicted molar refractivity (Wildman–Crippen MR) is 86.0 cm³/mol. The molecular weight excluding hydrogens is 319 g/mol. The molecule has 2 aromatic carbocycles. The molecule has 128 valence electrons. The summed E-state index contributed by atoms with van der Waals surface area (Å²) in [4.78, 5) is 12.1. The second-order valence-corrected chi connectivity index (χ2v) is 5.29. The van der Waals surface area contributed by atoms with E-state index in [0.29, 0.717) is 5.75 Å². The van der Waals surface area contributed by atoms with Crippen LogP contribution in [0, 0.1) is 0 Å². The van der Waals surface area contributed by atoms with Gasteiger partial charge in [-0.2, -0.15) is 13.2 Å². The number of para-hydroxylation sites is 1. The van der Waals surface area contributed by atoms with Gasteiger partial charge in [-0.3, -0.25) is 4.79 Å². The van der Waals surface area contributed by atoms with Crippen LogP contribution < -0.4 is 10.1 Å². The molecule has 0 radical (unpaired) electrons. The number of hydrogen-bond acceptors (Lipinski definition) is 2. The van der Waals surface area contributed by atoms with E-state index in [1.165, 1.54) is 25.1 Å². The molecule has 2 rings (SSSR count). The lowest BCUT2D eigenvalue weighted by molar-refractivity contribution is -0.137. The largest absolute Gasteiger partial charge is 0.481 e. The van der Waals surface area contributed by atoms with Gasteiger partial charge in [0.15, 0.2) is 6.10 Å². The molecular formula is C18H18F3NO2. The van der Waals surface area contributed by atoms with Gasteiger partial charge in [0.05, 0.1) is 11.3 Å². The van der Waals surface area contributed by atoms with E-state index in [1.54, 1.807) is 18.2 Å². The van der Waals surface area contributed by atoms with Gasteiger partial charge in [0, 0.05) is 0 Å². The van der Waals surface area contributed by atoms with Crippen LogP contribution in [0.1, 0.15) is 25.0 Å². The highest BCUT2D eigenvalue weighted by Crippen LogP contribution is 2.34. The zero-order valence-corrected chi connectivity index (χ0v) is 13.4. The summed E-state index contributed by atoms with van der Waals surface area (Å²) in [6.45, 7) is 3.48. The van der Waals surface area contributed by atoms with Crippen LogP contribution in [0.25, 0.3) is 0 Å². The average molecular weight is 337 g/mol. The highest BCUT2D eigenvalue weighted by Gasteiger charge is 2.34. The van der Waals surface area contributed by atoms with Crippen LogP contribution >= 0.6 is 0 Å². The SMILES string of the molecule is CCc1cccc(OC(C)C(=O)Nc2ccccc2C(F)(F)F)c1. The molecule has 1 atom stereocenters. The summed E-state index contributed by atoms with van der Waals surface area (Å²) in [5.74, 6) is -0.144. The van der Waals surface area contributed by atoms with Gasteiger partial charge in [0.1, 0.15) is 5.75 Å². The third kappa shape index (κ3) is 4.50. The molecule has 1 unspecified atom stereocenters. The van der Waals surface area contributed by atoms with Gasteiger partial charge >= 0.3 is 6.18 Å². The maximum atomic E-state index is 12.9. The Morgan fingerprint density at radius 3 is 2.54 bits per heavy atom. The van der Waals surface area contributed by atoms with Gasteiger partial charge in [-0.05, 0) is 43.2 Å². The van der Waals surface area contributed by atoms with Crippen LogP contribution in [-0.2, 0) is 17.4 Å². The molecule has 0 aliphatic rings. The minimum atomic E-state index is -4.54. The number of amides is 1. The number of rotatable bonds is 5. The molecule has 0 fully saturated rings. The molecule has 1 N–H and O–H groups in total. The van der Waals surface area contributed by atoms with Crippen molar-refractivity contribution in [2.24, 2.45) is 0 Å². The summed E-state index contributed by atoms with van der Waals surface area (Å²) in [5.41, 5.74) is -0.131. The standard InChI is InChI=1S/C18H18F3NO2/c1-3-13-7-6-8-14(11-13)24-12(2)17(23)22-16-10-5-4-9-15(16)18(19,20)21/h4-12H,3H2,1-2H3,(H,22,23). The van der Waals surface area contributed by atoms with Crippen LogP contribution in [0.4, 0.5) is 18.9 Å². The smallest absolute Gasteiger partial charge is 0.418 e. The summed E-state index contributed by atoms with van der Waals surface area (Å²) >= 11 is 0. The normalized spacial score (nSPS) is 12.5. The van der Waals surface area contributed by atoms with Crippen molar-refractivity contribution in [3.63, 3.8) is 0 Å². The lowest BCUT2D eigenvalue weighted by atomic mass is 10.1. The summed E-state index contributed by atoms with van der Waals surface area (Å²) in [5, 5.41) is 2.28. The molecule has 0 heterocycles. The second kappa shape index (κ2) is 7.38. The maximum Gasteiger partial charge on any atom is 0.418 e. The van der Waals surface area contributed by atoms with E-state index >= 15 is 0 Å². The van der Waals surface area contributed by atoms with E-state index in [2.05, 4.69) is 5.32 Å². The lowest BCUT2D eigenvalue weighted by Gasteiger charge is -2.17. The first-order valence-corrected chi connectivity index (χ1v) is 7.54. The number of ether oxygens (including phenoxy) is 1. The maximum absolute atomic E-state index is 12.9. The van der Waals surface area contributed by atoms with Crippen molar-refractivity contribution in [1.82, 2.24) is 0 Å². The molecule has 1 amide bonds. The molecule has 2 aromatic rings. The number of anilines is 1. The van der Waals surface area contributed by atoms with Crippen LogP contribution in [-0.4, -0.2) is 12.0 Å². The molecule has 0 spiro atoms. The number of hydrogen-bond donors (Lipinski definition) is 1. The number of halogens is 3. The van der Waals surface area contributed by atoms with Crippen molar-refractivity contribution in [3.8, 4) is 5.75 Å². The molecule has 0 saturated carbocycles. The van der Waals surface area contributed by atoms with Crippen molar-refractivity contribution in [1.29, 1.82) is 0 Å². The van der Waals surface area contributed by atoms with Crippen molar-refractivity contribution < 1.29 is 22.7 Å². The quantitative estimate of drug-likeness (QED) is 0.861. The van der Waals surface area contributed by atoms with E-state index in [-0.39, 0.29) is 5.69 Å². The van der Waals surface area contributed by atoms with Crippen molar-refractivity contribution in [2.45, 2.75) is 32.5 Å². The Balaban J connectivity index is 2.09. The third-order valence-electron chi connectivity index (χ3n) is 3.48. The number of carbonyl (C=O) groups excluding carboxylic acids is 1. The molecule has 0 bridgehead atoms. The Labute approximate surface area is 138 Å². The van der Waals surface area contributed by atoms with Gasteiger partial charge in [-0.15, -0.1) is 0 Å². The van der Waals surface area contributed by atoms with Gasteiger partial charge in [0.2, 0.25) is 0 Å². The van der Waals surface area contributed by atoms with Crippen LogP contribution in [0.15, 0.2) is 48.5 Å². The number of benzene rings is 2. The molecule has 0 aliphatic carbocycles. The van der Waals surface area contributed by atoms with E-state index in [9.17, 15) is 18.0 Å². The number of alkyl halides is 3. The zero-order chi connectivity index (χ0) is 17.7. The molecule has 0 aromatic heterocycles. The minimum absolute atomic E-state index is 0.284. The summed E-state index contributed by atoms with van der Waals surface area (Å²) in [7, 11) is 0. The fourth-order valence-electron chi connectivity index (χ4n) is 2.17. The van der Waals surface area contributed by atoms with Crippen molar-refractivity contribution in [3.05, 3.63) is 59.7 Å². The van der Waals surface area contributed by atoms with E-state index in [1.807, 2.05) is 13.0 Å². The zero-order valence-electron chi connectivity index (χ0n) is 13.4. The highest BCUT2D eigenvalue weighted by molar-refractivity contribution is 5.94. The van der Waals surface area contributed by atoms with E-state index < -0.39 is 23.8 Å². The van der Waals surface area contributed by atoms with Gasteiger partial charge in [0.25, 0.3) is 5.91 Å². The highest BCUT2D eigenvalue weighted by atomic mass is 19.4. The summed E-state index contributed by atoms with van der Waals surface area (Å²) < 4.78 is 44.4. The first kappa shape index (κ1) is 17.8. The van der Waals surface area contributed by atoms with E-state index in [4.69, 9.17) is 4.74 Å². The van der Waals surface area contributed by atoms with E-state index in [0.717, 1.165) is 18.1 Å². The molecule has 0 aliphatic heterocycles. The van der Waals surface area contributed by atoms with Crippen LogP contribution in [0.2, 0.25) is 0 Å². The Kier molecular flexibility index (Phi) is 5.49. The fourth-order valence-corrected chi connectivity index (χ4v) is 2.17. The number of carbonyl (C=O) groups is 1. The molecule has 6 heteroatoms. The van der Waals surface area contributed by atoms with Crippen molar-refractivity contribution in [2.75, 3.05) is 5.32 Å². The summed E-state index contributed by atoms with van der Waals surface area (Å²) in [6, 6.07) is 12.1. The molecule has 0 saturated heterocycles. The van der Waals surface area contributed by atoms with Gasteiger partial charge in [-0.1, -0.05) is 31.2 Å². The van der Waals surface area contributed by atoms with Crippen molar-refractivity contribution >= 4 is 11.6 Å². The minimum Gasteiger partial charge on any atom is -0.481 e. The van der Waals surface area contributed by atoms with Crippen LogP contribution in [0.3, 0.4) is 0 Å². The second-order valence-electron chi connectivity index (χ2n) is 5.29. The molecule has 3 nitrogen and oxygen atoms in total.